The van der Waals surface area contributed by atoms with Gasteiger partial charge in [-0.15, -0.1) is 0 Å². The van der Waals surface area contributed by atoms with Crippen molar-refractivity contribution in [2.75, 3.05) is 12.5 Å². The number of ether oxygens (including phenoxy) is 1. The molecule has 3 rings (SSSR count). The van der Waals surface area contributed by atoms with Crippen LogP contribution in [0.4, 0.5) is 5.13 Å². The maximum absolute atomic E-state index is 12.1. The second kappa shape index (κ2) is 6.62. The molecule has 8 heteroatoms. The first-order valence-corrected chi connectivity index (χ1v) is 8.10. The lowest BCUT2D eigenvalue weighted by Crippen LogP contribution is -2.29. The van der Waals surface area contributed by atoms with Crippen molar-refractivity contribution in [3.05, 3.63) is 52.0 Å². The molecule has 1 aromatic heterocycles. The first kappa shape index (κ1) is 15.9. The molecular weight excluding hydrogens is 357 g/mol. The van der Waals surface area contributed by atoms with E-state index in [9.17, 15) is 4.79 Å². The van der Waals surface area contributed by atoms with Gasteiger partial charge in [0.05, 0.1) is 16.8 Å². The van der Waals surface area contributed by atoms with Crippen molar-refractivity contribution in [2.45, 2.75) is 0 Å². The SMILES string of the molecule is COc1ccc(Cl)c2sc(NNC(=O)c3cccc(Cl)c3)nc12. The summed E-state index contributed by atoms with van der Waals surface area (Å²) in [4.78, 5) is 16.5. The molecule has 0 bridgehead atoms. The summed E-state index contributed by atoms with van der Waals surface area (Å²) in [5.41, 5.74) is 6.45. The maximum atomic E-state index is 12.1. The van der Waals surface area contributed by atoms with Crippen molar-refractivity contribution < 1.29 is 9.53 Å². The average Bonchev–Trinajstić information content (AvgIpc) is 2.98. The zero-order valence-electron chi connectivity index (χ0n) is 11.9. The predicted molar refractivity (Wildman–Crippen MR) is 93.7 cm³/mol. The molecule has 0 atom stereocenters. The molecule has 23 heavy (non-hydrogen) atoms. The average molecular weight is 368 g/mol. The van der Waals surface area contributed by atoms with Crippen molar-refractivity contribution in [1.82, 2.24) is 10.4 Å². The number of nitrogens with zero attached hydrogens (tertiary/aromatic N) is 1. The Kier molecular flexibility index (Phi) is 4.56. The molecule has 3 aromatic rings. The van der Waals surface area contributed by atoms with E-state index >= 15 is 0 Å². The molecular formula is C15H11Cl2N3O2S. The zero-order chi connectivity index (χ0) is 16.4. The summed E-state index contributed by atoms with van der Waals surface area (Å²) in [6.45, 7) is 0. The van der Waals surface area contributed by atoms with Gasteiger partial charge in [0.25, 0.3) is 5.91 Å². The number of benzene rings is 2. The van der Waals surface area contributed by atoms with Crippen LogP contribution in [-0.2, 0) is 0 Å². The highest BCUT2D eigenvalue weighted by atomic mass is 35.5. The number of hydrogen-bond acceptors (Lipinski definition) is 5. The Labute approximate surface area is 146 Å². The second-order valence-electron chi connectivity index (χ2n) is 4.54. The third-order valence-electron chi connectivity index (χ3n) is 3.05. The van der Waals surface area contributed by atoms with Crippen LogP contribution in [0.5, 0.6) is 5.75 Å². The van der Waals surface area contributed by atoms with Crippen LogP contribution in [0.2, 0.25) is 10.0 Å². The number of methoxy groups -OCH3 is 1. The molecule has 1 heterocycles. The van der Waals surface area contributed by atoms with Crippen molar-refractivity contribution in [2.24, 2.45) is 0 Å². The highest BCUT2D eigenvalue weighted by molar-refractivity contribution is 7.22. The molecule has 0 spiro atoms. The molecule has 0 saturated heterocycles. The van der Waals surface area contributed by atoms with Crippen LogP contribution in [0.1, 0.15) is 10.4 Å². The molecule has 0 aliphatic heterocycles. The minimum absolute atomic E-state index is 0.315. The van der Waals surface area contributed by atoms with E-state index < -0.39 is 0 Å². The number of thiazole rings is 1. The summed E-state index contributed by atoms with van der Waals surface area (Å²) in [5, 5.41) is 1.57. The number of hydrogen-bond donors (Lipinski definition) is 2. The molecule has 0 fully saturated rings. The summed E-state index contributed by atoms with van der Waals surface area (Å²) < 4.78 is 6.04. The molecule has 2 aromatic carbocycles. The molecule has 2 N–H and O–H groups in total. The number of nitrogens with one attached hydrogen (secondary N) is 2. The number of amides is 1. The Balaban J connectivity index is 1.80. The lowest BCUT2D eigenvalue weighted by atomic mass is 10.2. The Bertz CT molecular complexity index is 882. The Morgan fingerprint density at radius 3 is 2.83 bits per heavy atom. The number of carbonyl (C=O) groups is 1. The molecule has 5 nitrogen and oxygen atoms in total. The van der Waals surface area contributed by atoms with Crippen LogP contribution in [0.15, 0.2) is 36.4 Å². The van der Waals surface area contributed by atoms with Gasteiger partial charge in [0.15, 0.2) is 0 Å². The smallest absolute Gasteiger partial charge is 0.269 e. The van der Waals surface area contributed by atoms with Gasteiger partial charge in [0.2, 0.25) is 5.13 Å². The van der Waals surface area contributed by atoms with Gasteiger partial charge in [0, 0.05) is 10.6 Å². The van der Waals surface area contributed by atoms with Crippen LogP contribution in [0.25, 0.3) is 10.2 Å². The third-order valence-corrected chi connectivity index (χ3v) is 4.71. The van der Waals surface area contributed by atoms with E-state index in [0.29, 0.717) is 32.0 Å². The summed E-state index contributed by atoms with van der Waals surface area (Å²) in [7, 11) is 1.57. The quantitative estimate of drug-likeness (QED) is 0.672. The largest absolute Gasteiger partial charge is 0.494 e. The van der Waals surface area contributed by atoms with Gasteiger partial charge in [-0.2, -0.15) is 0 Å². The highest BCUT2D eigenvalue weighted by Gasteiger charge is 2.13. The summed E-state index contributed by atoms with van der Waals surface area (Å²) >= 11 is 13.4. The lowest BCUT2D eigenvalue weighted by Gasteiger charge is -2.05. The second-order valence-corrected chi connectivity index (χ2v) is 6.38. The van der Waals surface area contributed by atoms with Crippen LogP contribution in [0, 0.1) is 0 Å². The van der Waals surface area contributed by atoms with E-state index in [1.807, 2.05) is 0 Å². The van der Waals surface area contributed by atoms with Crippen molar-refractivity contribution in [3.63, 3.8) is 0 Å². The molecule has 0 aliphatic carbocycles. The van der Waals surface area contributed by atoms with Gasteiger partial charge in [0.1, 0.15) is 11.3 Å². The van der Waals surface area contributed by atoms with Gasteiger partial charge >= 0.3 is 0 Å². The molecule has 0 aliphatic rings. The van der Waals surface area contributed by atoms with Crippen molar-refractivity contribution in [1.29, 1.82) is 0 Å². The maximum Gasteiger partial charge on any atom is 0.269 e. The Morgan fingerprint density at radius 1 is 1.26 bits per heavy atom. The van der Waals surface area contributed by atoms with E-state index in [1.54, 1.807) is 43.5 Å². The van der Waals surface area contributed by atoms with Crippen LogP contribution < -0.4 is 15.6 Å². The first-order chi connectivity index (χ1) is 11.1. The first-order valence-electron chi connectivity index (χ1n) is 6.53. The molecule has 0 radical (unpaired) electrons. The van der Waals surface area contributed by atoms with E-state index in [-0.39, 0.29) is 5.91 Å². The minimum Gasteiger partial charge on any atom is -0.494 e. The third kappa shape index (κ3) is 3.34. The van der Waals surface area contributed by atoms with Gasteiger partial charge in [-0.25, -0.2) is 4.98 Å². The molecule has 0 saturated carbocycles. The summed E-state index contributed by atoms with van der Waals surface area (Å²) in [6, 6.07) is 10.2. The van der Waals surface area contributed by atoms with Gasteiger partial charge in [-0.05, 0) is 30.3 Å². The fourth-order valence-corrected chi connectivity index (χ4v) is 3.28. The van der Waals surface area contributed by atoms with Crippen LogP contribution in [0.3, 0.4) is 0 Å². The van der Waals surface area contributed by atoms with E-state index in [4.69, 9.17) is 27.9 Å². The fraction of sp³-hybridized carbons (Fsp3) is 0.0667. The van der Waals surface area contributed by atoms with Crippen LogP contribution >= 0.6 is 34.5 Å². The highest BCUT2D eigenvalue weighted by Crippen LogP contribution is 2.37. The van der Waals surface area contributed by atoms with E-state index in [0.717, 1.165) is 4.70 Å². The van der Waals surface area contributed by atoms with E-state index in [1.165, 1.54) is 11.3 Å². The van der Waals surface area contributed by atoms with Gasteiger partial charge in [-0.3, -0.25) is 15.6 Å². The number of aromatic nitrogens is 1. The van der Waals surface area contributed by atoms with Crippen molar-refractivity contribution in [3.8, 4) is 5.75 Å². The fourth-order valence-electron chi connectivity index (χ4n) is 1.98. The normalized spacial score (nSPS) is 10.6. The van der Waals surface area contributed by atoms with Gasteiger partial charge in [-0.1, -0.05) is 40.6 Å². The number of hydrazine groups is 1. The minimum atomic E-state index is -0.315. The molecule has 0 unspecified atom stereocenters. The number of carbonyl (C=O) groups excluding carboxylic acids is 1. The number of halogens is 2. The van der Waals surface area contributed by atoms with Crippen LogP contribution in [-0.4, -0.2) is 18.0 Å². The zero-order valence-corrected chi connectivity index (χ0v) is 14.2. The summed E-state index contributed by atoms with van der Waals surface area (Å²) in [5.74, 6) is 0.305. The van der Waals surface area contributed by atoms with Crippen molar-refractivity contribution >= 4 is 55.8 Å². The standard InChI is InChI=1S/C15H11Cl2N3O2S/c1-22-11-6-5-10(17)13-12(11)18-15(23-13)20-19-14(21)8-3-2-4-9(16)7-8/h2-7H,1H3,(H,18,20)(H,19,21). The number of anilines is 1. The lowest BCUT2D eigenvalue weighted by molar-refractivity contribution is 0.0962. The Morgan fingerprint density at radius 2 is 2.09 bits per heavy atom. The topological polar surface area (TPSA) is 63.2 Å². The van der Waals surface area contributed by atoms with Gasteiger partial charge < -0.3 is 4.74 Å². The summed E-state index contributed by atoms with van der Waals surface area (Å²) in [6.07, 6.45) is 0. The molecule has 1 amide bonds. The molecule has 118 valence electrons. The monoisotopic (exact) mass is 367 g/mol. The predicted octanol–water partition coefficient (Wildman–Crippen LogP) is 4.37. The Hall–Kier alpha value is -2.02. The number of fused-ring (bicyclic) bond motifs is 1. The van der Waals surface area contributed by atoms with E-state index in [2.05, 4.69) is 15.8 Å². The number of rotatable bonds is 4.